The topological polar surface area (TPSA) is 84.2 Å². The zero-order valence-electron chi connectivity index (χ0n) is 12.3. The number of hydrogen-bond acceptors (Lipinski definition) is 4. The lowest BCUT2D eigenvalue weighted by Gasteiger charge is -2.15. The van der Waals surface area contributed by atoms with E-state index in [4.69, 9.17) is 5.73 Å². The third-order valence-corrected chi connectivity index (χ3v) is 3.10. The zero-order valence-corrected chi connectivity index (χ0v) is 12.3. The van der Waals surface area contributed by atoms with E-state index in [1.54, 1.807) is 0 Å². The standard InChI is InChI=1S/C14H29N3O2/c1-12(18)13(8-5-6-10-15)17-14(19)9-4-3-7-11-16-2/h13,16H,3-11,15H2,1-2H3,(H,17,19). The molecule has 112 valence electrons. The van der Waals surface area contributed by atoms with Crippen LogP contribution in [-0.2, 0) is 9.59 Å². The minimum absolute atomic E-state index is 0.0163. The lowest BCUT2D eigenvalue weighted by molar-refractivity contribution is -0.127. The van der Waals surface area contributed by atoms with Crippen molar-refractivity contribution >= 4 is 11.7 Å². The van der Waals surface area contributed by atoms with Gasteiger partial charge in [-0.25, -0.2) is 0 Å². The Morgan fingerprint density at radius 3 is 2.42 bits per heavy atom. The molecule has 0 bridgehead atoms. The van der Waals surface area contributed by atoms with Crippen molar-refractivity contribution in [2.24, 2.45) is 5.73 Å². The Morgan fingerprint density at radius 1 is 1.11 bits per heavy atom. The SMILES string of the molecule is CNCCCCCC(=O)NC(CCCCN)C(C)=O. The molecule has 19 heavy (non-hydrogen) atoms. The molecular formula is C14H29N3O2. The van der Waals surface area contributed by atoms with E-state index in [0.29, 0.717) is 19.4 Å². The van der Waals surface area contributed by atoms with Crippen molar-refractivity contribution in [2.45, 2.75) is 57.9 Å². The summed E-state index contributed by atoms with van der Waals surface area (Å²) in [6.45, 7) is 3.14. The molecule has 5 nitrogen and oxygen atoms in total. The summed E-state index contributed by atoms with van der Waals surface area (Å²) in [5.74, 6) is 0.0120. The summed E-state index contributed by atoms with van der Waals surface area (Å²) in [4.78, 5) is 23.2. The van der Waals surface area contributed by atoms with Crippen LogP contribution >= 0.6 is 0 Å². The third-order valence-electron chi connectivity index (χ3n) is 3.10. The van der Waals surface area contributed by atoms with Gasteiger partial charge in [-0.2, -0.15) is 0 Å². The number of carbonyl (C=O) groups excluding carboxylic acids is 2. The Kier molecular flexibility index (Phi) is 11.5. The van der Waals surface area contributed by atoms with Crippen LogP contribution in [0.15, 0.2) is 0 Å². The van der Waals surface area contributed by atoms with Gasteiger partial charge in [0.05, 0.1) is 6.04 Å². The summed E-state index contributed by atoms with van der Waals surface area (Å²) in [6.07, 6.45) is 5.96. The molecule has 0 spiro atoms. The summed E-state index contributed by atoms with van der Waals surface area (Å²) in [5, 5.41) is 5.90. The maximum Gasteiger partial charge on any atom is 0.220 e. The quantitative estimate of drug-likeness (QED) is 0.462. The molecule has 0 saturated heterocycles. The van der Waals surface area contributed by atoms with E-state index in [2.05, 4.69) is 10.6 Å². The molecule has 0 saturated carbocycles. The zero-order chi connectivity index (χ0) is 14.5. The van der Waals surface area contributed by atoms with Crippen LogP contribution < -0.4 is 16.4 Å². The molecule has 0 aliphatic carbocycles. The van der Waals surface area contributed by atoms with Crippen molar-refractivity contribution in [3.05, 3.63) is 0 Å². The maximum atomic E-state index is 11.7. The number of Topliss-reactive ketones (excluding diaryl/α,β-unsaturated/α-hetero) is 1. The van der Waals surface area contributed by atoms with Crippen LogP contribution in [0.1, 0.15) is 51.9 Å². The number of hydrogen-bond donors (Lipinski definition) is 3. The van der Waals surface area contributed by atoms with Crippen molar-refractivity contribution in [1.82, 2.24) is 10.6 Å². The molecule has 0 fully saturated rings. The number of unbranched alkanes of at least 4 members (excludes halogenated alkanes) is 3. The van der Waals surface area contributed by atoms with E-state index in [1.165, 1.54) is 6.92 Å². The molecule has 0 rings (SSSR count). The van der Waals surface area contributed by atoms with Crippen LogP contribution in [0, 0.1) is 0 Å². The number of nitrogens with two attached hydrogens (primary N) is 1. The monoisotopic (exact) mass is 271 g/mol. The molecule has 0 aromatic rings. The van der Waals surface area contributed by atoms with Gasteiger partial charge in [-0.3, -0.25) is 9.59 Å². The molecule has 1 amide bonds. The molecule has 0 aliphatic heterocycles. The van der Waals surface area contributed by atoms with E-state index >= 15 is 0 Å². The first-order chi connectivity index (χ1) is 9.11. The van der Waals surface area contributed by atoms with Gasteiger partial charge in [-0.1, -0.05) is 6.42 Å². The van der Waals surface area contributed by atoms with Crippen LogP contribution in [0.4, 0.5) is 0 Å². The van der Waals surface area contributed by atoms with Gasteiger partial charge in [0.25, 0.3) is 0 Å². The van der Waals surface area contributed by atoms with Crippen LogP contribution in [0.5, 0.6) is 0 Å². The van der Waals surface area contributed by atoms with Gasteiger partial charge in [0, 0.05) is 6.42 Å². The van der Waals surface area contributed by atoms with Gasteiger partial charge < -0.3 is 16.4 Å². The van der Waals surface area contributed by atoms with Crippen molar-refractivity contribution in [2.75, 3.05) is 20.1 Å². The third kappa shape index (κ3) is 10.7. The predicted molar refractivity (Wildman–Crippen MR) is 77.9 cm³/mol. The summed E-state index contributed by atoms with van der Waals surface area (Å²) < 4.78 is 0. The number of ketones is 1. The number of carbonyl (C=O) groups is 2. The smallest absolute Gasteiger partial charge is 0.220 e. The predicted octanol–water partition coefficient (Wildman–Crippen LogP) is 0.969. The van der Waals surface area contributed by atoms with Crippen LogP contribution in [0.25, 0.3) is 0 Å². The van der Waals surface area contributed by atoms with Crippen LogP contribution in [0.3, 0.4) is 0 Å². The highest BCUT2D eigenvalue weighted by Gasteiger charge is 2.15. The van der Waals surface area contributed by atoms with E-state index in [9.17, 15) is 9.59 Å². The van der Waals surface area contributed by atoms with Gasteiger partial charge in [-0.15, -0.1) is 0 Å². The van der Waals surface area contributed by atoms with Gasteiger partial charge in [-0.05, 0) is 59.2 Å². The number of rotatable bonds is 12. The van der Waals surface area contributed by atoms with Gasteiger partial charge >= 0.3 is 0 Å². The molecule has 0 aromatic heterocycles. The molecule has 0 heterocycles. The lowest BCUT2D eigenvalue weighted by atomic mass is 10.1. The number of amides is 1. The Bertz CT molecular complexity index is 257. The minimum atomic E-state index is -0.337. The summed E-state index contributed by atoms with van der Waals surface area (Å²) >= 11 is 0. The van der Waals surface area contributed by atoms with Gasteiger partial charge in [0.15, 0.2) is 5.78 Å². The van der Waals surface area contributed by atoms with Crippen molar-refractivity contribution in [3.63, 3.8) is 0 Å². The van der Waals surface area contributed by atoms with Crippen LogP contribution in [0.2, 0.25) is 0 Å². The maximum absolute atomic E-state index is 11.7. The molecule has 1 atom stereocenters. The van der Waals surface area contributed by atoms with E-state index in [0.717, 1.165) is 38.6 Å². The number of nitrogens with one attached hydrogen (secondary N) is 2. The first-order valence-electron chi connectivity index (χ1n) is 7.26. The van der Waals surface area contributed by atoms with Crippen molar-refractivity contribution in [3.8, 4) is 0 Å². The fourth-order valence-corrected chi connectivity index (χ4v) is 1.90. The second kappa shape index (κ2) is 12.1. The summed E-state index contributed by atoms with van der Waals surface area (Å²) in [7, 11) is 1.92. The molecular weight excluding hydrogens is 242 g/mol. The van der Waals surface area contributed by atoms with Crippen molar-refractivity contribution in [1.29, 1.82) is 0 Å². The fraction of sp³-hybridized carbons (Fsp3) is 0.857. The molecule has 1 unspecified atom stereocenters. The fourth-order valence-electron chi connectivity index (χ4n) is 1.90. The average molecular weight is 271 g/mol. The highest BCUT2D eigenvalue weighted by atomic mass is 16.2. The molecule has 0 aromatic carbocycles. The lowest BCUT2D eigenvalue weighted by Crippen LogP contribution is -2.39. The largest absolute Gasteiger partial charge is 0.346 e. The first kappa shape index (κ1) is 18.1. The summed E-state index contributed by atoms with van der Waals surface area (Å²) in [6, 6.07) is -0.337. The van der Waals surface area contributed by atoms with Gasteiger partial charge in [0.2, 0.25) is 5.91 Å². The Labute approximate surface area is 116 Å². The van der Waals surface area contributed by atoms with E-state index < -0.39 is 0 Å². The average Bonchev–Trinajstić information content (AvgIpc) is 2.37. The second-order valence-corrected chi connectivity index (χ2v) is 4.93. The molecule has 5 heteroatoms. The summed E-state index contributed by atoms with van der Waals surface area (Å²) in [5.41, 5.74) is 5.42. The molecule has 0 aliphatic rings. The van der Waals surface area contributed by atoms with Crippen molar-refractivity contribution < 1.29 is 9.59 Å². The Hall–Kier alpha value is -0.940. The van der Waals surface area contributed by atoms with Crippen LogP contribution in [-0.4, -0.2) is 37.9 Å². The molecule has 4 N–H and O–H groups in total. The molecule has 0 radical (unpaired) electrons. The van der Waals surface area contributed by atoms with E-state index in [-0.39, 0.29) is 17.7 Å². The van der Waals surface area contributed by atoms with E-state index in [1.807, 2.05) is 7.05 Å². The minimum Gasteiger partial charge on any atom is -0.346 e. The normalized spacial score (nSPS) is 12.2. The highest BCUT2D eigenvalue weighted by molar-refractivity contribution is 5.87. The Balaban J connectivity index is 3.80. The first-order valence-corrected chi connectivity index (χ1v) is 7.26. The van der Waals surface area contributed by atoms with Gasteiger partial charge in [0.1, 0.15) is 0 Å². The highest BCUT2D eigenvalue weighted by Crippen LogP contribution is 2.04. The second-order valence-electron chi connectivity index (χ2n) is 4.93. The Morgan fingerprint density at radius 2 is 1.84 bits per heavy atom.